The summed E-state index contributed by atoms with van der Waals surface area (Å²) >= 11 is 0. The Balaban J connectivity index is 1.72. The van der Waals surface area contributed by atoms with Gasteiger partial charge in [0.2, 0.25) is 5.91 Å². The van der Waals surface area contributed by atoms with Crippen LogP contribution in [-0.4, -0.2) is 37.8 Å². The summed E-state index contributed by atoms with van der Waals surface area (Å²) in [5.41, 5.74) is 1.68. The Bertz CT molecular complexity index is 1050. The standard InChI is InChI=1S/C26H28N4O3/c31-22-13-11-20(12-14-22)24(25(32)29-21-9-5-2-6-10-21)30(18-19-7-3-1-4-8-19)26(33)23-17-27-15-16-28-23/h1,3-4,7-8,11-17,21,24,31H,2,5-6,9-10,18H2,(H,29,32)/t24-/m1/s1. The van der Waals surface area contributed by atoms with E-state index in [1.165, 1.54) is 42.0 Å². The number of hydrogen-bond donors (Lipinski definition) is 2. The fraction of sp³-hybridized carbons (Fsp3) is 0.308. The molecule has 4 rings (SSSR count). The maximum absolute atomic E-state index is 13.7. The minimum atomic E-state index is -0.887. The van der Waals surface area contributed by atoms with Crippen LogP contribution in [0.2, 0.25) is 0 Å². The van der Waals surface area contributed by atoms with Gasteiger partial charge in [0.15, 0.2) is 0 Å². The van der Waals surface area contributed by atoms with E-state index in [2.05, 4.69) is 15.3 Å². The number of nitrogens with zero attached hydrogens (tertiary/aromatic N) is 3. The van der Waals surface area contributed by atoms with Gasteiger partial charge in [0, 0.05) is 25.0 Å². The largest absolute Gasteiger partial charge is 0.508 e. The van der Waals surface area contributed by atoms with E-state index in [-0.39, 0.29) is 35.8 Å². The maximum Gasteiger partial charge on any atom is 0.275 e. The molecular formula is C26H28N4O3. The number of carbonyl (C=O) groups is 2. The van der Waals surface area contributed by atoms with Gasteiger partial charge in [0.05, 0.1) is 6.20 Å². The molecule has 170 valence electrons. The number of rotatable bonds is 7. The Hall–Kier alpha value is -3.74. The van der Waals surface area contributed by atoms with Crippen molar-refractivity contribution in [3.63, 3.8) is 0 Å². The lowest BCUT2D eigenvalue weighted by atomic mass is 9.94. The number of phenolic OH excluding ortho intramolecular Hbond substituents is 1. The van der Waals surface area contributed by atoms with E-state index in [0.29, 0.717) is 5.56 Å². The molecule has 1 aromatic heterocycles. The van der Waals surface area contributed by atoms with Crippen LogP contribution >= 0.6 is 0 Å². The summed E-state index contributed by atoms with van der Waals surface area (Å²) < 4.78 is 0. The van der Waals surface area contributed by atoms with Crippen molar-refractivity contribution in [3.05, 3.63) is 90.0 Å². The molecule has 3 aromatic rings. The van der Waals surface area contributed by atoms with Gasteiger partial charge in [0.1, 0.15) is 17.5 Å². The molecule has 7 nitrogen and oxygen atoms in total. The second-order valence-electron chi connectivity index (χ2n) is 8.35. The zero-order valence-corrected chi connectivity index (χ0v) is 18.4. The second-order valence-corrected chi connectivity index (χ2v) is 8.35. The lowest BCUT2D eigenvalue weighted by Gasteiger charge is -2.33. The average Bonchev–Trinajstić information content (AvgIpc) is 2.86. The van der Waals surface area contributed by atoms with Gasteiger partial charge >= 0.3 is 0 Å². The van der Waals surface area contributed by atoms with Gasteiger partial charge in [-0.15, -0.1) is 0 Å². The van der Waals surface area contributed by atoms with E-state index in [1.54, 1.807) is 12.1 Å². The molecule has 7 heteroatoms. The molecule has 1 aliphatic carbocycles. The number of aromatic nitrogens is 2. The third kappa shape index (κ3) is 5.74. The molecule has 0 bridgehead atoms. The topological polar surface area (TPSA) is 95.4 Å². The molecule has 0 aliphatic heterocycles. The van der Waals surface area contributed by atoms with E-state index in [9.17, 15) is 14.7 Å². The molecule has 0 unspecified atom stereocenters. The Morgan fingerprint density at radius 2 is 1.73 bits per heavy atom. The van der Waals surface area contributed by atoms with E-state index in [1.807, 2.05) is 30.3 Å². The molecule has 1 aliphatic rings. The van der Waals surface area contributed by atoms with Crippen molar-refractivity contribution in [2.75, 3.05) is 0 Å². The molecule has 2 N–H and O–H groups in total. The van der Waals surface area contributed by atoms with E-state index in [4.69, 9.17) is 0 Å². The number of amides is 2. The first-order valence-corrected chi connectivity index (χ1v) is 11.3. The first-order chi connectivity index (χ1) is 16.1. The van der Waals surface area contributed by atoms with Gasteiger partial charge in [-0.1, -0.05) is 61.7 Å². The number of nitrogens with one attached hydrogen (secondary N) is 1. The predicted molar refractivity (Wildman–Crippen MR) is 124 cm³/mol. The van der Waals surface area contributed by atoms with Gasteiger partial charge in [0.25, 0.3) is 5.91 Å². The average molecular weight is 445 g/mol. The number of aromatic hydroxyl groups is 1. The van der Waals surface area contributed by atoms with Crippen LogP contribution in [0.4, 0.5) is 0 Å². The normalized spacial score (nSPS) is 14.9. The third-order valence-corrected chi connectivity index (χ3v) is 5.96. The fourth-order valence-corrected chi connectivity index (χ4v) is 4.27. The lowest BCUT2D eigenvalue weighted by molar-refractivity contribution is -0.127. The highest BCUT2D eigenvalue weighted by Crippen LogP contribution is 2.28. The molecule has 33 heavy (non-hydrogen) atoms. The van der Waals surface area contributed by atoms with Crippen molar-refractivity contribution in [2.24, 2.45) is 0 Å². The molecular weight excluding hydrogens is 416 g/mol. The third-order valence-electron chi connectivity index (χ3n) is 5.96. The van der Waals surface area contributed by atoms with Crippen LogP contribution in [-0.2, 0) is 11.3 Å². The van der Waals surface area contributed by atoms with Gasteiger partial charge in [-0.25, -0.2) is 4.98 Å². The summed E-state index contributed by atoms with van der Waals surface area (Å²) in [4.78, 5) is 37.0. The molecule has 2 amide bonds. The van der Waals surface area contributed by atoms with Crippen molar-refractivity contribution in [2.45, 2.75) is 50.7 Å². The Morgan fingerprint density at radius 3 is 2.39 bits per heavy atom. The molecule has 0 radical (unpaired) electrons. The van der Waals surface area contributed by atoms with E-state index in [0.717, 1.165) is 31.2 Å². The zero-order valence-electron chi connectivity index (χ0n) is 18.4. The van der Waals surface area contributed by atoms with Gasteiger partial charge in [-0.2, -0.15) is 0 Å². The smallest absolute Gasteiger partial charge is 0.275 e. The monoisotopic (exact) mass is 444 g/mol. The second kappa shape index (κ2) is 10.7. The number of carbonyl (C=O) groups excluding carboxylic acids is 2. The van der Waals surface area contributed by atoms with E-state index >= 15 is 0 Å². The highest BCUT2D eigenvalue weighted by atomic mass is 16.3. The van der Waals surface area contributed by atoms with Crippen molar-refractivity contribution in [1.82, 2.24) is 20.2 Å². The van der Waals surface area contributed by atoms with Crippen LogP contribution in [0.25, 0.3) is 0 Å². The van der Waals surface area contributed by atoms with Crippen LogP contribution in [0, 0.1) is 0 Å². The number of benzene rings is 2. The van der Waals surface area contributed by atoms with Gasteiger partial charge < -0.3 is 15.3 Å². The highest BCUT2D eigenvalue weighted by molar-refractivity contribution is 5.96. The van der Waals surface area contributed by atoms with Crippen molar-refractivity contribution in [3.8, 4) is 5.75 Å². The van der Waals surface area contributed by atoms with Gasteiger partial charge in [-0.05, 0) is 36.1 Å². The minimum absolute atomic E-state index is 0.0936. The van der Waals surface area contributed by atoms with Crippen molar-refractivity contribution in [1.29, 1.82) is 0 Å². The summed E-state index contributed by atoms with van der Waals surface area (Å²) in [6.45, 7) is 0.222. The SMILES string of the molecule is O=C(NC1CCCCC1)[C@@H](c1ccc(O)cc1)N(Cc1ccccc1)C(=O)c1cnccn1. The van der Waals surface area contributed by atoms with Gasteiger partial charge in [-0.3, -0.25) is 14.6 Å². The summed E-state index contributed by atoms with van der Waals surface area (Å²) in [5.74, 6) is -0.523. The maximum atomic E-state index is 13.7. The molecule has 1 heterocycles. The molecule has 1 saturated carbocycles. The Kier molecular flexibility index (Phi) is 7.29. The Morgan fingerprint density at radius 1 is 1.00 bits per heavy atom. The van der Waals surface area contributed by atoms with Crippen molar-refractivity contribution >= 4 is 11.8 Å². The molecule has 2 aromatic carbocycles. The number of hydrogen-bond acceptors (Lipinski definition) is 5. The molecule has 1 atom stereocenters. The fourth-order valence-electron chi connectivity index (χ4n) is 4.27. The van der Waals surface area contributed by atoms with Crippen LogP contribution in [0.15, 0.2) is 73.2 Å². The highest BCUT2D eigenvalue weighted by Gasteiger charge is 2.34. The molecule has 0 saturated heterocycles. The molecule has 1 fully saturated rings. The zero-order chi connectivity index (χ0) is 23.0. The Labute approximate surface area is 193 Å². The first kappa shape index (κ1) is 22.5. The summed E-state index contributed by atoms with van der Waals surface area (Å²) in [6.07, 6.45) is 9.60. The summed E-state index contributed by atoms with van der Waals surface area (Å²) in [7, 11) is 0. The molecule has 0 spiro atoms. The first-order valence-electron chi connectivity index (χ1n) is 11.3. The lowest BCUT2D eigenvalue weighted by Crippen LogP contribution is -2.47. The predicted octanol–water partition coefficient (Wildman–Crippen LogP) is 4.01. The number of phenols is 1. The van der Waals surface area contributed by atoms with Crippen LogP contribution in [0.5, 0.6) is 5.75 Å². The van der Waals surface area contributed by atoms with Crippen molar-refractivity contribution < 1.29 is 14.7 Å². The summed E-state index contributed by atoms with van der Waals surface area (Å²) in [5, 5.41) is 13.0. The van der Waals surface area contributed by atoms with Crippen LogP contribution in [0.3, 0.4) is 0 Å². The van der Waals surface area contributed by atoms with Crippen LogP contribution < -0.4 is 5.32 Å². The van der Waals surface area contributed by atoms with E-state index < -0.39 is 6.04 Å². The minimum Gasteiger partial charge on any atom is -0.508 e. The summed E-state index contributed by atoms with van der Waals surface area (Å²) in [6, 6.07) is 15.2. The quantitative estimate of drug-likeness (QED) is 0.574. The van der Waals surface area contributed by atoms with Crippen LogP contribution in [0.1, 0.15) is 59.8 Å².